The van der Waals surface area contributed by atoms with Gasteiger partial charge in [0.05, 0.1) is 18.6 Å². The van der Waals surface area contributed by atoms with Gasteiger partial charge in [-0.15, -0.1) is 10.2 Å². The number of rotatable bonds is 8. The maximum absolute atomic E-state index is 12.3. The van der Waals surface area contributed by atoms with Gasteiger partial charge in [0.15, 0.2) is 0 Å². The van der Waals surface area contributed by atoms with Crippen LogP contribution in [0.15, 0.2) is 41.5 Å². The summed E-state index contributed by atoms with van der Waals surface area (Å²) in [4.78, 5) is 28.6. The molecule has 0 radical (unpaired) electrons. The lowest BCUT2D eigenvalue weighted by atomic mass is 10.1. The molecule has 2 heterocycles. The Morgan fingerprint density at radius 2 is 2.04 bits per heavy atom. The Bertz CT molecular complexity index is 997. The molecule has 1 aromatic carbocycles. The number of nitrogens with one attached hydrogen (secondary N) is 1. The third-order valence-corrected chi connectivity index (χ3v) is 4.67. The van der Waals surface area contributed by atoms with Gasteiger partial charge in [0.2, 0.25) is 11.0 Å². The van der Waals surface area contributed by atoms with Crippen molar-refractivity contribution >= 4 is 22.4 Å². The van der Waals surface area contributed by atoms with Crippen molar-refractivity contribution in [3.8, 4) is 17.0 Å². The highest BCUT2D eigenvalue weighted by atomic mass is 32.1. The number of ether oxygens (including phenoxy) is 1. The highest BCUT2D eigenvalue weighted by Crippen LogP contribution is 2.19. The zero-order valence-corrected chi connectivity index (χ0v) is 16.5. The lowest BCUT2D eigenvalue weighted by molar-refractivity contribution is -0.116. The number of carbonyl (C=O) groups is 1. The monoisotopic (exact) mass is 399 g/mol. The van der Waals surface area contributed by atoms with E-state index in [1.54, 1.807) is 0 Å². The number of aromatic nitrogens is 4. The van der Waals surface area contributed by atoms with Gasteiger partial charge >= 0.3 is 0 Å². The van der Waals surface area contributed by atoms with Crippen LogP contribution in [0.3, 0.4) is 0 Å². The second kappa shape index (κ2) is 9.23. The molecule has 1 N–H and O–H groups in total. The second-order valence-corrected chi connectivity index (χ2v) is 7.22. The van der Waals surface area contributed by atoms with Crippen LogP contribution in [0.5, 0.6) is 5.75 Å². The SMILES string of the molecule is CCOc1ccc(-c2cc(=O)n(CCCC(=O)Nc3nnc(C)s3)cn2)cc1. The molecule has 0 atom stereocenters. The summed E-state index contributed by atoms with van der Waals surface area (Å²) < 4.78 is 6.92. The Hall–Kier alpha value is -3.07. The summed E-state index contributed by atoms with van der Waals surface area (Å²) in [5.74, 6) is 0.629. The largest absolute Gasteiger partial charge is 0.494 e. The molecule has 9 heteroatoms. The zero-order chi connectivity index (χ0) is 19.9. The molecule has 8 nitrogen and oxygen atoms in total. The van der Waals surface area contributed by atoms with Crippen LogP contribution in [-0.2, 0) is 11.3 Å². The first kappa shape index (κ1) is 19.7. The van der Waals surface area contributed by atoms with E-state index in [1.165, 1.54) is 28.3 Å². The molecule has 0 saturated heterocycles. The van der Waals surface area contributed by atoms with Gasteiger partial charge < -0.3 is 10.1 Å². The van der Waals surface area contributed by atoms with E-state index in [0.717, 1.165) is 16.3 Å². The van der Waals surface area contributed by atoms with Gasteiger partial charge in [-0.2, -0.15) is 0 Å². The number of amides is 1. The number of aryl methyl sites for hydroxylation is 2. The molecular formula is C19H21N5O3S. The van der Waals surface area contributed by atoms with Gasteiger partial charge in [0.25, 0.3) is 5.56 Å². The van der Waals surface area contributed by atoms with Crippen LogP contribution in [0.1, 0.15) is 24.8 Å². The smallest absolute Gasteiger partial charge is 0.253 e. The molecule has 0 aliphatic carbocycles. The van der Waals surface area contributed by atoms with Crippen LogP contribution in [0.25, 0.3) is 11.3 Å². The summed E-state index contributed by atoms with van der Waals surface area (Å²) >= 11 is 1.32. The van der Waals surface area contributed by atoms with E-state index in [2.05, 4.69) is 20.5 Å². The molecule has 0 bridgehead atoms. The van der Waals surface area contributed by atoms with Crippen molar-refractivity contribution in [1.82, 2.24) is 19.7 Å². The Morgan fingerprint density at radius 3 is 2.68 bits per heavy atom. The third-order valence-electron chi connectivity index (χ3n) is 3.92. The van der Waals surface area contributed by atoms with Crippen LogP contribution >= 0.6 is 11.3 Å². The number of benzene rings is 1. The van der Waals surface area contributed by atoms with Gasteiger partial charge in [-0.05, 0) is 44.5 Å². The predicted octanol–water partition coefficient (Wildman–Crippen LogP) is 2.89. The van der Waals surface area contributed by atoms with Gasteiger partial charge in [-0.1, -0.05) is 11.3 Å². The number of hydrogen-bond donors (Lipinski definition) is 1. The maximum atomic E-state index is 12.3. The summed E-state index contributed by atoms with van der Waals surface area (Å²) in [5, 5.41) is 11.7. The molecule has 146 valence electrons. The first-order valence-corrected chi connectivity index (χ1v) is 9.76. The predicted molar refractivity (Wildman–Crippen MR) is 108 cm³/mol. The number of anilines is 1. The van der Waals surface area contributed by atoms with E-state index >= 15 is 0 Å². The average Bonchev–Trinajstić information content (AvgIpc) is 3.08. The van der Waals surface area contributed by atoms with Crippen molar-refractivity contribution in [1.29, 1.82) is 0 Å². The minimum absolute atomic E-state index is 0.150. The van der Waals surface area contributed by atoms with Gasteiger partial charge in [-0.3, -0.25) is 14.2 Å². The van der Waals surface area contributed by atoms with Crippen molar-refractivity contribution in [2.45, 2.75) is 33.2 Å². The van der Waals surface area contributed by atoms with E-state index in [9.17, 15) is 9.59 Å². The van der Waals surface area contributed by atoms with Crippen molar-refractivity contribution in [3.05, 3.63) is 52.0 Å². The highest BCUT2D eigenvalue weighted by Gasteiger charge is 2.08. The molecule has 0 aliphatic heterocycles. The zero-order valence-electron chi connectivity index (χ0n) is 15.7. The standard InChI is InChI=1S/C19H21N5O3S/c1-3-27-15-8-6-14(7-9-15)16-11-18(26)24(12-20-16)10-4-5-17(25)21-19-23-22-13(2)28-19/h6-9,11-12H,3-5,10H2,1-2H3,(H,21,23,25). The van der Waals surface area contributed by atoms with Crippen molar-refractivity contribution in [3.63, 3.8) is 0 Å². The average molecular weight is 399 g/mol. The van der Waals surface area contributed by atoms with Crippen molar-refractivity contribution in [2.75, 3.05) is 11.9 Å². The minimum atomic E-state index is -0.154. The summed E-state index contributed by atoms with van der Waals surface area (Å²) in [7, 11) is 0. The van der Waals surface area contributed by atoms with Gasteiger partial charge in [0.1, 0.15) is 10.8 Å². The lowest BCUT2D eigenvalue weighted by Crippen LogP contribution is -2.21. The van der Waals surface area contributed by atoms with Crippen LogP contribution in [0.2, 0.25) is 0 Å². The molecule has 1 amide bonds. The summed E-state index contributed by atoms with van der Waals surface area (Å²) in [5.41, 5.74) is 1.30. The van der Waals surface area contributed by atoms with E-state index in [4.69, 9.17) is 4.74 Å². The first-order valence-electron chi connectivity index (χ1n) is 8.95. The highest BCUT2D eigenvalue weighted by molar-refractivity contribution is 7.15. The molecular weight excluding hydrogens is 378 g/mol. The van der Waals surface area contributed by atoms with E-state index in [-0.39, 0.29) is 17.9 Å². The normalized spacial score (nSPS) is 10.6. The molecule has 0 saturated carbocycles. The summed E-state index contributed by atoms with van der Waals surface area (Å²) in [6.07, 6.45) is 2.32. The van der Waals surface area contributed by atoms with Crippen LogP contribution in [0, 0.1) is 6.92 Å². The Labute approximate surface area is 166 Å². The first-order chi connectivity index (χ1) is 13.5. The maximum Gasteiger partial charge on any atom is 0.253 e. The Kier molecular flexibility index (Phi) is 6.49. The van der Waals surface area contributed by atoms with Crippen LogP contribution in [0.4, 0.5) is 5.13 Å². The second-order valence-electron chi connectivity index (χ2n) is 6.04. The summed E-state index contributed by atoms with van der Waals surface area (Å²) in [6, 6.07) is 8.95. The van der Waals surface area contributed by atoms with Crippen LogP contribution in [-0.4, -0.2) is 32.3 Å². The fourth-order valence-corrected chi connectivity index (χ4v) is 3.19. The fourth-order valence-electron chi connectivity index (χ4n) is 2.58. The van der Waals surface area contributed by atoms with Gasteiger partial charge in [0, 0.05) is 24.6 Å². The van der Waals surface area contributed by atoms with E-state index < -0.39 is 0 Å². The fraction of sp³-hybridized carbons (Fsp3) is 0.316. The molecule has 0 spiro atoms. The van der Waals surface area contributed by atoms with Gasteiger partial charge in [-0.25, -0.2) is 4.98 Å². The number of hydrogen-bond acceptors (Lipinski definition) is 7. The lowest BCUT2D eigenvalue weighted by Gasteiger charge is -2.07. The number of carbonyl (C=O) groups excluding carboxylic acids is 1. The Morgan fingerprint density at radius 1 is 1.25 bits per heavy atom. The van der Waals surface area contributed by atoms with Crippen LogP contribution < -0.4 is 15.6 Å². The van der Waals surface area contributed by atoms with E-state index in [1.807, 2.05) is 38.1 Å². The minimum Gasteiger partial charge on any atom is -0.494 e. The molecule has 2 aromatic heterocycles. The number of nitrogens with zero attached hydrogens (tertiary/aromatic N) is 4. The Balaban J connectivity index is 1.55. The molecule has 0 aliphatic rings. The summed E-state index contributed by atoms with van der Waals surface area (Å²) in [6.45, 7) is 4.77. The molecule has 3 rings (SSSR count). The van der Waals surface area contributed by atoms with Crippen molar-refractivity contribution < 1.29 is 9.53 Å². The quantitative estimate of drug-likeness (QED) is 0.625. The molecule has 0 unspecified atom stereocenters. The van der Waals surface area contributed by atoms with E-state index in [0.29, 0.717) is 30.4 Å². The molecule has 3 aromatic rings. The third kappa shape index (κ3) is 5.23. The van der Waals surface area contributed by atoms with Crippen molar-refractivity contribution in [2.24, 2.45) is 0 Å². The molecule has 28 heavy (non-hydrogen) atoms. The topological polar surface area (TPSA) is 99.0 Å². The molecule has 0 fully saturated rings.